The summed E-state index contributed by atoms with van der Waals surface area (Å²) in [7, 11) is 0. The number of aryl methyl sites for hydroxylation is 2. The zero-order valence-electron chi connectivity index (χ0n) is 10.5. The van der Waals surface area contributed by atoms with E-state index in [1.54, 1.807) is 0 Å². The van der Waals surface area contributed by atoms with Gasteiger partial charge in [-0.05, 0) is 62.9 Å². The smallest absolute Gasteiger partial charge is 0.134 e. The Labute approximate surface area is 102 Å². The average Bonchev–Trinajstić information content (AvgIpc) is 2.66. The number of nitrogens with one attached hydrogen (secondary N) is 1. The number of furan rings is 1. The van der Waals surface area contributed by atoms with Crippen molar-refractivity contribution in [3.05, 3.63) is 35.1 Å². The third kappa shape index (κ3) is 1.77. The molecule has 2 aromatic rings. The van der Waals surface area contributed by atoms with Gasteiger partial charge >= 0.3 is 0 Å². The molecule has 0 bridgehead atoms. The molecular formula is C15H19NO. The Kier molecular flexibility index (Phi) is 2.67. The van der Waals surface area contributed by atoms with Gasteiger partial charge in [-0.2, -0.15) is 0 Å². The second kappa shape index (κ2) is 4.19. The fourth-order valence-corrected chi connectivity index (χ4v) is 2.93. The Hall–Kier alpha value is -1.28. The van der Waals surface area contributed by atoms with Gasteiger partial charge < -0.3 is 9.73 Å². The van der Waals surface area contributed by atoms with E-state index in [0.717, 1.165) is 24.4 Å². The molecule has 2 heteroatoms. The molecule has 2 nitrogen and oxygen atoms in total. The van der Waals surface area contributed by atoms with E-state index in [1.807, 2.05) is 0 Å². The van der Waals surface area contributed by atoms with Crippen LogP contribution in [0.5, 0.6) is 0 Å². The highest BCUT2D eigenvalue weighted by Gasteiger charge is 2.20. The molecule has 0 spiro atoms. The van der Waals surface area contributed by atoms with Crippen LogP contribution in [0, 0.1) is 13.8 Å². The highest BCUT2D eigenvalue weighted by atomic mass is 16.3. The standard InChI is InChI=1S/C15H19NO/c1-10-11(2)17-14-5-3-4-13(15(10)14)12-6-8-16-9-7-12/h3-5,12,16H,6-9H2,1-2H3. The molecule has 1 aliphatic heterocycles. The number of rotatable bonds is 1. The summed E-state index contributed by atoms with van der Waals surface area (Å²) in [4.78, 5) is 0. The fraction of sp³-hybridized carbons (Fsp3) is 0.467. The molecule has 0 unspecified atom stereocenters. The van der Waals surface area contributed by atoms with Crippen LogP contribution in [0.1, 0.15) is 35.6 Å². The van der Waals surface area contributed by atoms with Crippen LogP contribution in [0.4, 0.5) is 0 Å². The van der Waals surface area contributed by atoms with Crippen LogP contribution in [-0.2, 0) is 0 Å². The van der Waals surface area contributed by atoms with Crippen LogP contribution in [0.15, 0.2) is 22.6 Å². The topological polar surface area (TPSA) is 25.2 Å². The van der Waals surface area contributed by atoms with E-state index in [4.69, 9.17) is 4.42 Å². The summed E-state index contributed by atoms with van der Waals surface area (Å²) < 4.78 is 5.81. The van der Waals surface area contributed by atoms with Crippen LogP contribution < -0.4 is 5.32 Å². The van der Waals surface area contributed by atoms with Crippen molar-refractivity contribution in [1.29, 1.82) is 0 Å². The summed E-state index contributed by atoms with van der Waals surface area (Å²) >= 11 is 0. The van der Waals surface area contributed by atoms with E-state index in [1.165, 1.54) is 29.4 Å². The van der Waals surface area contributed by atoms with Crippen LogP contribution in [0.25, 0.3) is 11.0 Å². The predicted octanol–water partition coefficient (Wildman–Crippen LogP) is 3.52. The van der Waals surface area contributed by atoms with Crippen LogP contribution >= 0.6 is 0 Å². The molecule has 90 valence electrons. The fourth-order valence-electron chi connectivity index (χ4n) is 2.93. The first-order valence-corrected chi connectivity index (χ1v) is 6.46. The predicted molar refractivity (Wildman–Crippen MR) is 70.5 cm³/mol. The lowest BCUT2D eigenvalue weighted by Crippen LogP contribution is -2.26. The summed E-state index contributed by atoms with van der Waals surface area (Å²) in [6, 6.07) is 6.49. The van der Waals surface area contributed by atoms with Crippen molar-refractivity contribution in [2.24, 2.45) is 0 Å². The van der Waals surface area contributed by atoms with E-state index in [-0.39, 0.29) is 0 Å². The van der Waals surface area contributed by atoms with Gasteiger partial charge in [0.25, 0.3) is 0 Å². The van der Waals surface area contributed by atoms with Gasteiger partial charge in [0.1, 0.15) is 11.3 Å². The Morgan fingerprint density at radius 3 is 2.71 bits per heavy atom. The molecule has 0 radical (unpaired) electrons. The summed E-state index contributed by atoms with van der Waals surface area (Å²) in [5.74, 6) is 1.75. The van der Waals surface area contributed by atoms with Crippen molar-refractivity contribution >= 4 is 11.0 Å². The van der Waals surface area contributed by atoms with Gasteiger partial charge in [0, 0.05) is 5.39 Å². The van der Waals surface area contributed by atoms with Crippen molar-refractivity contribution in [3.8, 4) is 0 Å². The van der Waals surface area contributed by atoms with E-state index >= 15 is 0 Å². The molecule has 3 rings (SSSR count). The maximum atomic E-state index is 5.81. The molecular weight excluding hydrogens is 210 g/mol. The minimum absolute atomic E-state index is 0.690. The van der Waals surface area contributed by atoms with E-state index in [0.29, 0.717) is 5.92 Å². The molecule has 0 saturated carbocycles. The van der Waals surface area contributed by atoms with Gasteiger partial charge in [0.05, 0.1) is 0 Å². The number of piperidine rings is 1. The molecule has 0 atom stereocenters. The van der Waals surface area contributed by atoms with Crippen molar-refractivity contribution in [2.75, 3.05) is 13.1 Å². The minimum atomic E-state index is 0.690. The van der Waals surface area contributed by atoms with Crippen molar-refractivity contribution < 1.29 is 4.42 Å². The molecule has 0 amide bonds. The van der Waals surface area contributed by atoms with Crippen LogP contribution in [0.3, 0.4) is 0 Å². The summed E-state index contributed by atoms with van der Waals surface area (Å²) in [6.45, 7) is 6.50. The third-order valence-electron chi connectivity index (χ3n) is 4.00. The Balaban J connectivity index is 2.14. The molecule has 1 saturated heterocycles. The Morgan fingerprint density at radius 1 is 1.18 bits per heavy atom. The highest BCUT2D eigenvalue weighted by molar-refractivity contribution is 5.86. The molecule has 2 heterocycles. The van der Waals surface area contributed by atoms with Gasteiger partial charge in [0.2, 0.25) is 0 Å². The number of hydrogen-bond donors (Lipinski definition) is 1. The van der Waals surface area contributed by atoms with Crippen LogP contribution in [0.2, 0.25) is 0 Å². The first-order chi connectivity index (χ1) is 8.27. The van der Waals surface area contributed by atoms with Gasteiger partial charge in [-0.3, -0.25) is 0 Å². The van der Waals surface area contributed by atoms with Crippen molar-refractivity contribution in [1.82, 2.24) is 5.32 Å². The number of benzene rings is 1. The SMILES string of the molecule is Cc1oc2cccc(C3CCNCC3)c2c1C. The molecule has 1 aromatic heterocycles. The number of hydrogen-bond acceptors (Lipinski definition) is 2. The molecule has 0 aliphatic carbocycles. The van der Waals surface area contributed by atoms with Gasteiger partial charge in [-0.1, -0.05) is 12.1 Å². The molecule has 1 aliphatic rings. The maximum Gasteiger partial charge on any atom is 0.134 e. The van der Waals surface area contributed by atoms with Crippen molar-refractivity contribution in [2.45, 2.75) is 32.6 Å². The second-order valence-corrected chi connectivity index (χ2v) is 5.03. The molecule has 17 heavy (non-hydrogen) atoms. The summed E-state index contributed by atoms with van der Waals surface area (Å²) in [6.07, 6.45) is 2.48. The van der Waals surface area contributed by atoms with Crippen molar-refractivity contribution in [3.63, 3.8) is 0 Å². The lowest BCUT2D eigenvalue weighted by molar-refractivity contribution is 0.462. The highest BCUT2D eigenvalue weighted by Crippen LogP contribution is 2.35. The Morgan fingerprint density at radius 2 is 1.94 bits per heavy atom. The van der Waals surface area contributed by atoms with Gasteiger partial charge in [-0.25, -0.2) is 0 Å². The summed E-state index contributed by atoms with van der Waals surface area (Å²) in [5, 5.41) is 4.79. The molecule has 1 N–H and O–H groups in total. The third-order valence-corrected chi connectivity index (χ3v) is 4.00. The first kappa shape index (κ1) is 10.8. The minimum Gasteiger partial charge on any atom is -0.461 e. The zero-order chi connectivity index (χ0) is 11.8. The quantitative estimate of drug-likeness (QED) is 0.809. The lowest BCUT2D eigenvalue weighted by atomic mass is 9.87. The zero-order valence-corrected chi connectivity index (χ0v) is 10.5. The lowest BCUT2D eigenvalue weighted by Gasteiger charge is -2.23. The molecule has 1 fully saturated rings. The van der Waals surface area contributed by atoms with E-state index in [2.05, 4.69) is 37.4 Å². The van der Waals surface area contributed by atoms with Gasteiger partial charge in [-0.15, -0.1) is 0 Å². The normalized spacial score (nSPS) is 17.8. The van der Waals surface area contributed by atoms with E-state index < -0.39 is 0 Å². The molecule has 1 aromatic carbocycles. The monoisotopic (exact) mass is 229 g/mol. The van der Waals surface area contributed by atoms with E-state index in [9.17, 15) is 0 Å². The average molecular weight is 229 g/mol. The van der Waals surface area contributed by atoms with Gasteiger partial charge in [0.15, 0.2) is 0 Å². The summed E-state index contributed by atoms with van der Waals surface area (Å²) in [5.41, 5.74) is 3.85. The Bertz CT molecular complexity index is 535. The largest absolute Gasteiger partial charge is 0.461 e. The second-order valence-electron chi connectivity index (χ2n) is 5.03. The number of fused-ring (bicyclic) bond motifs is 1. The maximum absolute atomic E-state index is 5.81. The van der Waals surface area contributed by atoms with Crippen LogP contribution in [-0.4, -0.2) is 13.1 Å². The first-order valence-electron chi connectivity index (χ1n) is 6.46.